The van der Waals surface area contributed by atoms with Crippen LogP contribution in [0, 0.1) is 0 Å². The first kappa shape index (κ1) is 13.2. The largest absolute Gasteiger partial charge is 0.496 e. The van der Waals surface area contributed by atoms with Gasteiger partial charge in [0.05, 0.1) is 7.11 Å². The molecule has 4 heteroatoms. The number of rotatable bonds is 3. The van der Waals surface area contributed by atoms with Crippen LogP contribution in [0.4, 0.5) is 0 Å². The van der Waals surface area contributed by atoms with Crippen LogP contribution in [0.25, 0.3) is 0 Å². The summed E-state index contributed by atoms with van der Waals surface area (Å²) in [7, 11) is 1.57. The second-order valence-corrected chi connectivity index (χ2v) is 4.72. The zero-order chi connectivity index (χ0) is 13.1. The molecule has 0 saturated heterocycles. The predicted molar refractivity (Wildman–Crippen MR) is 73.5 cm³/mol. The van der Waals surface area contributed by atoms with Gasteiger partial charge in [-0.15, -0.1) is 0 Å². The number of benzene rings is 2. The third-order valence-corrected chi connectivity index (χ3v) is 3.07. The number of hydrogen-bond donors (Lipinski definition) is 1. The molecule has 1 atom stereocenters. The molecular weight excluding hydrogens is 271 g/mol. The van der Waals surface area contributed by atoms with Crippen LogP contribution in [0.5, 0.6) is 5.75 Å². The highest BCUT2D eigenvalue weighted by molar-refractivity contribution is 6.34. The molecule has 0 spiro atoms. The van der Waals surface area contributed by atoms with E-state index in [2.05, 4.69) is 0 Å². The van der Waals surface area contributed by atoms with Crippen molar-refractivity contribution >= 4 is 23.2 Å². The van der Waals surface area contributed by atoms with E-state index >= 15 is 0 Å². The van der Waals surface area contributed by atoms with Crippen LogP contribution in [0.3, 0.4) is 0 Å². The van der Waals surface area contributed by atoms with Crippen LogP contribution >= 0.6 is 23.2 Å². The highest BCUT2D eigenvalue weighted by Gasteiger charge is 2.15. The van der Waals surface area contributed by atoms with Crippen molar-refractivity contribution in [2.45, 2.75) is 6.10 Å². The van der Waals surface area contributed by atoms with E-state index in [4.69, 9.17) is 27.9 Å². The van der Waals surface area contributed by atoms with E-state index in [1.165, 1.54) is 0 Å². The van der Waals surface area contributed by atoms with Gasteiger partial charge in [0, 0.05) is 15.6 Å². The van der Waals surface area contributed by atoms with E-state index in [9.17, 15) is 5.11 Å². The minimum atomic E-state index is -0.822. The SMILES string of the molecule is COc1ccccc1C(O)c1cc(Cl)cc(Cl)c1. The summed E-state index contributed by atoms with van der Waals surface area (Å²) in [4.78, 5) is 0. The Hall–Kier alpha value is -1.22. The van der Waals surface area contributed by atoms with Gasteiger partial charge in [-0.1, -0.05) is 41.4 Å². The van der Waals surface area contributed by atoms with Gasteiger partial charge in [0.25, 0.3) is 0 Å². The van der Waals surface area contributed by atoms with E-state index in [1.807, 2.05) is 12.1 Å². The van der Waals surface area contributed by atoms with Crippen LogP contribution in [0.15, 0.2) is 42.5 Å². The second kappa shape index (κ2) is 5.61. The molecule has 0 aliphatic heterocycles. The van der Waals surface area contributed by atoms with Gasteiger partial charge in [-0.3, -0.25) is 0 Å². The van der Waals surface area contributed by atoms with Crippen molar-refractivity contribution in [1.82, 2.24) is 0 Å². The van der Waals surface area contributed by atoms with Gasteiger partial charge < -0.3 is 9.84 Å². The first-order valence-corrected chi connectivity index (χ1v) is 6.14. The molecule has 0 aliphatic carbocycles. The molecule has 0 heterocycles. The molecule has 2 aromatic carbocycles. The smallest absolute Gasteiger partial charge is 0.125 e. The molecule has 0 saturated carbocycles. The number of aliphatic hydroxyl groups excluding tert-OH is 1. The van der Waals surface area contributed by atoms with E-state index < -0.39 is 6.10 Å². The van der Waals surface area contributed by atoms with Crippen LogP contribution < -0.4 is 4.74 Å². The lowest BCUT2D eigenvalue weighted by molar-refractivity contribution is 0.215. The van der Waals surface area contributed by atoms with Crippen molar-refractivity contribution in [1.29, 1.82) is 0 Å². The number of methoxy groups -OCH3 is 1. The summed E-state index contributed by atoms with van der Waals surface area (Å²) in [6.07, 6.45) is -0.822. The Morgan fingerprint density at radius 2 is 1.67 bits per heavy atom. The predicted octanol–water partition coefficient (Wildman–Crippen LogP) is 4.08. The van der Waals surface area contributed by atoms with Crippen LogP contribution in [0.1, 0.15) is 17.2 Å². The van der Waals surface area contributed by atoms with E-state index in [0.29, 0.717) is 26.9 Å². The molecule has 0 fully saturated rings. The van der Waals surface area contributed by atoms with Gasteiger partial charge in [0.1, 0.15) is 11.9 Å². The molecule has 94 valence electrons. The number of para-hydroxylation sites is 1. The standard InChI is InChI=1S/C14H12Cl2O2/c1-18-13-5-3-2-4-12(13)14(17)9-6-10(15)8-11(16)7-9/h2-8,14,17H,1H3. The van der Waals surface area contributed by atoms with E-state index in [1.54, 1.807) is 37.4 Å². The maximum atomic E-state index is 10.4. The first-order valence-electron chi connectivity index (χ1n) is 5.39. The fraction of sp³-hybridized carbons (Fsp3) is 0.143. The molecule has 0 aromatic heterocycles. The fourth-order valence-corrected chi connectivity index (χ4v) is 2.35. The summed E-state index contributed by atoms with van der Waals surface area (Å²) >= 11 is 11.9. The molecule has 2 aromatic rings. The van der Waals surface area contributed by atoms with E-state index in [0.717, 1.165) is 0 Å². The van der Waals surface area contributed by atoms with Crippen molar-refractivity contribution in [3.8, 4) is 5.75 Å². The Bertz CT molecular complexity index is 535. The summed E-state index contributed by atoms with van der Waals surface area (Å²) in [5.41, 5.74) is 1.32. The average Bonchev–Trinajstić information content (AvgIpc) is 2.36. The lowest BCUT2D eigenvalue weighted by Gasteiger charge is -2.15. The monoisotopic (exact) mass is 282 g/mol. The molecular formula is C14H12Cl2O2. The number of halogens is 2. The van der Waals surface area contributed by atoms with Gasteiger partial charge >= 0.3 is 0 Å². The Morgan fingerprint density at radius 1 is 1.06 bits per heavy atom. The molecule has 2 nitrogen and oxygen atoms in total. The number of hydrogen-bond acceptors (Lipinski definition) is 2. The molecule has 0 aliphatic rings. The van der Waals surface area contributed by atoms with Crippen molar-refractivity contribution in [2.24, 2.45) is 0 Å². The van der Waals surface area contributed by atoms with Gasteiger partial charge in [0.15, 0.2) is 0 Å². The third kappa shape index (κ3) is 2.78. The maximum Gasteiger partial charge on any atom is 0.125 e. The summed E-state index contributed by atoms with van der Waals surface area (Å²) in [6, 6.07) is 12.3. The van der Waals surface area contributed by atoms with Gasteiger partial charge in [-0.05, 0) is 29.8 Å². The van der Waals surface area contributed by atoms with Crippen molar-refractivity contribution in [3.05, 3.63) is 63.6 Å². The number of ether oxygens (including phenoxy) is 1. The van der Waals surface area contributed by atoms with Crippen LogP contribution in [-0.2, 0) is 0 Å². The minimum Gasteiger partial charge on any atom is -0.496 e. The highest BCUT2D eigenvalue weighted by Crippen LogP contribution is 2.32. The van der Waals surface area contributed by atoms with Crippen LogP contribution in [0.2, 0.25) is 10.0 Å². The molecule has 0 bridgehead atoms. The first-order chi connectivity index (χ1) is 8.61. The minimum absolute atomic E-state index is 0.492. The highest BCUT2D eigenvalue weighted by atomic mass is 35.5. The summed E-state index contributed by atoms with van der Waals surface area (Å²) in [5, 5.41) is 11.3. The molecule has 0 radical (unpaired) electrons. The Kier molecular flexibility index (Phi) is 4.12. The maximum absolute atomic E-state index is 10.4. The van der Waals surface area contributed by atoms with Crippen molar-refractivity contribution in [3.63, 3.8) is 0 Å². The Morgan fingerprint density at radius 3 is 2.28 bits per heavy atom. The lowest BCUT2D eigenvalue weighted by Crippen LogP contribution is -2.02. The van der Waals surface area contributed by atoms with Gasteiger partial charge in [0.2, 0.25) is 0 Å². The molecule has 1 unspecified atom stereocenters. The van der Waals surface area contributed by atoms with Crippen molar-refractivity contribution < 1.29 is 9.84 Å². The molecule has 2 rings (SSSR count). The molecule has 1 N–H and O–H groups in total. The summed E-state index contributed by atoms with van der Waals surface area (Å²) in [6.45, 7) is 0. The molecule has 0 amide bonds. The zero-order valence-electron chi connectivity index (χ0n) is 9.73. The van der Waals surface area contributed by atoms with Crippen LogP contribution in [-0.4, -0.2) is 12.2 Å². The van der Waals surface area contributed by atoms with E-state index in [-0.39, 0.29) is 0 Å². The average molecular weight is 283 g/mol. The Balaban J connectivity index is 2.44. The van der Waals surface area contributed by atoms with Gasteiger partial charge in [-0.2, -0.15) is 0 Å². The topological polar surface area (TPSA) is 29.5 Å². The lowest BCUT2D eigenvalue weighted by atomic mass is 10.0. The fourth-order valence-electron chi connectivity index (χ4n) is 1.80. The quantitative estimate of drug-likeness (QED) is 0.919. The summed E-state index contributed by atoms with van der Waals surface area (Å²) in [5.74, 6) is 0.626. The number of aliphatic hydroxyl groups is 1. The third-order valence-electron chi connectivity index (χ3n) is 2.63. The summed E-state index contributed by atoms with van der Waals surface area (Å²) < 4.78 is 5.22. The Labute approximate surface area is 116 Å². The normalized spacial score (nSPS) is 12.2. The van der Waals surface area contributed by atoms with Crippen molar-refractivity contribution in [2.75, 3.05) is 7.11 Å². The molecule has 18 heavy (non-hydrogen) atoms. The zero-order valence-corrected chi connectivity index (χ0v) is 11.2. The second-order valence-electron chi connectivity index (χ2n) is 3.85. The van der Waals surface area contributed by atoms with Gasteiger partial charge in [-0.25, -0.2) is 0 Å².